The lowest BCUT2D eigenvalue weighted by atomic mass is 10.1. The average Bonchev–Trinajstić information content (AvgIpc) is 2.96. The zero-order valence-corrected chi connectivity index (χ0v) is 13.0. The number of amides is 1. The van der Waals surface area contributed by atoms with Gasteiger partial charge in [-0.1, -0.05) is 0 Å². The number of nitrogens with one attached hydrogen (secondary N) is 2. The first kappa shape index (κ1) is 18.3. The minimum absolute atomic E-state index is 0.0632. The molecule has 0 fully saturated rings. The van der Waals surface area contributed by atoms with Crippen molar-refractivity contribution in [2.45, 2.75) is 13.1 Å². The third-order valence-electron chi connectivity index (χ3n) is 3.35. The Balaban J connectivity index is 1.97. The number of aryl methyl sites for hydroxylation is 1. The minimum atomic E-state index is -4.67. The molecule has 0 bridgehead atoms. The van der Waals surface area contributed by atoms with Gasteiger partial charge in [0.25, 0.3) is 11.6 Å². The van der Waals surface area contributed by atoms with Gasteiger partial charge in [-0.05, 0) is 25.1 Å². The summed E-state index contributed by atoms with van der Waals surface area (Å²) >= 11 is 0. The Hall–Kier alpha value is -3.04. The van der Waals surface area contributed by atoms with Gasteiger partial charge in [-0.25, -0.2) is 0 Å². The van der Waals surface area contributed by atoms with Crippen molar-refractivity contribution < 1.29 is 27.3 Å². The first-order valence-corrected chi connectivity index (χ1v) is 7.12. The number of nitrogens with zero attached hydrogens (tertiary/aromatic N) is 1. The van der Waals surface area contributed by atoms with Crippen LogP contribution in [0.15, 0.2) is 34.9 Å². The number of hydrogen-bond acceptors (Lipinski definition) is 5. The second-order valence-electron chi connectivity index (χ2n) is 5.06. The Morgan fingerprint density at radius 2 is 2.00 bits per heavy atom. The zero-order chi connectivity index (χ0) is 18.6. The Morgan fingerprint density at radius 3 is 2.56 bits per heavy atom. The molecular formula is C15H14F3N3O4. The van der Waals surface area contributed by atoms with E-state index in [1.807, 2.05) is 0 Å². The molecule has 2 aromatic rings. The maximum atomic E-state index is 12.6. The number of rotatable bonds is 6. The highest BCUT2D eigenvalue weighted by Gasteiger charge is 2.33. The van der Waals surface area contributed by atoms with Crippen LogP contribution in [-0.2, 0) is 6.18 Å². The molecule has 0 saturated carbocycles. The molecule has 25 heavy (non-hydrogen) atoms. The van der Waals surface area contributed by atoms with Crippen LogP contribution in [0.25, 0.3) is 0 Å². The number of nitro groups is 1. The number of alkyl halides is 3. The van der Waals surface area contributed by atoms with E-state index in [0.29, 0.717) is 17.4 Å². The summed E-state index contributed by atoms with van der Waals surface area (Å²) in [6.07, 6.45) is -3.30. The average molecular weight is 357 g/mol. The van der Waals surface area contributed by atoms with Crippen LogP contribution < -0.4 is 10.6 Å². The van der Waals surface area contributed by atoms with Crippen molar-refractivity contribution in [1.29, 1.82) is 0 Å². The predicted molar refractivity (Wildman–Crippen MR) is 82.4 cm³/mol. The number of benzene rings is 1. The van der Waals surface area contributed by atoms with E-state index in [4.69, 9.17) is 4.42 Å². The molecule has 0 aliphatic rings. The smallest absolute Gasteiger partial charge is 0.416 e. The van der Waals surface area contributed by atoms with E-state index in [0.717, 1.165) is 12.1 Å². The van der Waals surface area contributed by atoms with Crippen molar-refractivity contribution in [2.24, 2.45) is 0 Å². The van der Waals surface area contributed by atoms with E-state index >= 15 is 0 Å². The molecule has 0 saturated heterocycles. The molecule has 7 nitrogen and oxygen atoms in total. The third-order valence-corrected chi connectivity index (χ3v) is 3.35. The van der Waals surface area contributed by atoms with Crippen molar-refractivity contribution in [3.05, 3.63) is 57.5 Å². The first-order chi connectivity index (χ1) is 11.7. The van der Waals surface area contributed by atoms with E-state index in [9.17, 15) is 28.1 Å². The van der Waals surface area contributed by atoms with Crippen LogP contribution in [0.4, 0.5) is 24.5 Å². The van der Waals surface area contributed by atoms with Crippen LogP contribution in [0.1, 0.15) is 21.7 Å². The van der Waals surface area contributed by atoms with Gasteiger partial charge in [0, 0.05) is 19.2 Å². The van der Waals surface area contributed by atoms with E-state index in [1.54, 1.807) is 6.92 Å². The molecule has 0 aliphatic heterocycles. The van der Waals surface area contributed by atoms with Crippen LogP contribution >= 0.6 is 0 Å². The summed E-state index contributed by atoms with van der Waals surface area (Å²) < 4.78 is 42.9. The summed E-state index contributed by atoms with van der Waals surface area (Å²) in [6, 6.07) is 3.71. The van der Waals surface area contributed by atoms with Gasteiger partial charge in [0.1, 0.15) is 11.4 Å². The van der Waals surface area contributed by atoms with Gasteiger partial charge in [-0.2, -0.15) is 13.2 Å². The molecular weight excluding hydrogens is 343 g/mol. The highest BCUT2D eigenvalue weighted by molar-refractivity contribution is 5.95. The minimum Gasteiger partial charge on any atom is -0.469 e. The summed E-state index contributed by atoms with van der Waals surface area (Å²) in [4.78, 5) is 21.9. The van der Waals surface area contributed by atoms with Gasteiger partial charge in [0.05, 0.1) is 22.3 Å². The lowest BCUT2D eigenvalue weighted by Crippen LogP contribution is -2.29. The van der Waals surface area contributed by atoms with E-state index < -0.39 is 22.4 Å². The molecule has 0 unspecified atom stereocenters. The van der Waals surface area contributed by atoms with Crippen molar-refractivity contribution in [3.8, 4) is 0 Å². The van der Waals surface area contributed by atoms with Crippen LogP contribution in [0.3, 0.4) is 0 Å². The highest BCUT2D eigenvalue weighted by Crippen LogP contribution is 2.34. The molecule has 0 radical (unpaired) electrons. The van der Waals surface area contributed by atoms with E-state index in [2.05, 4.69) is 10.6 Å². The lowest BCUT2D eigenvalue weighted by molar-refractivity contribution is -0.384. The monoisotopic (exact) mass is 357 g/mol. The van der Waals surface area contributed by atoms with Crippen molar-refractivity contribution in [1.82, 2.24) is 5.32 Å². The third kappa shape index (κ3) is 4.49. The number of hydrogen-bond donors (Lipinski definition) is 2. The summed E-state index contributed by atoms with van der Waals surface area (Å²) in [5, 5.41) is 16.2. The zero-order valence-electron chi connectivity index (χ0n) is 13.0. The number of halogens is 3. The molecule has 0 aliphatic carbocycles. The van der Waals surface area contributed by atoms with E-state index in [1.165, 1.54) is 12.3 Å². The van der Waals surface area contributed by atoms with Crippen LogP contribution in [-0.4, -0.2) is 23.9 Å². The van der Waals surface area contributed by atoms with Gasteiger partial charge in [0.2, 0.25) is 0 Å². The van der Waals surface area contributed by atoms with Gasteiger partial charge < -0.3 is 15.1 Å². The van der Waals surface area contributed by atoms with E-state index in [-0.39, 0.29) is 24.7 Å². The number of nitro benzene ring substituents is 1. The van der Waals surface area contributed by atoms with Crippen LogP contribution in [0.2, 0.25) is 0 Å². The van der Waals surface area contributed by atoms with Crippen molar-refractivity contribution in [2.75, 3.05) is 18.4 Å². The second-order valence-corrected chi connectivity index (χ2v) is 5.06. The van der Waals surface area contributed by atoms with Crippen molar-refractivity contribution in [3.63, 3.8) is 0 Å². The molecule has 134 valence electrons. The number of carbonyl (C=O) groups excluding carboxylic acids is 1. The first-order valence-electron chi connectivity index (χ1n) is 7.12. The van der Waals surface area contributed by atoms with Gasteiger partial charge >= 0.3 is 6.18 Å². The SMILES string of the molecule is Cc1occc1C(=O)NCCNc1ccc(C(F)(F)F)cc1[N+](=O)[O-]. The molecule has 1 heterocycles. The number of furan rings is 1. The Labute approximate surface area is 140 Å². The van der Waals surface area contributed by atoms with Crippen LogP contribution in [0.5, 0.6) is 0 Å². The Morgan fingerprint density at radius 1 is 1.28 bits per heavy atom. The summed E-state index contributed by atoms with van der Waals surface area (Å²) in [5.74, 6) is 0.0683. The fourth-order valence-corrected chi connectivity index (χ4v) is 2.10. The van der Waals surface area contributed by atoms with Gasteiger partial charge in [0.15, 0.2) is 0 Å². The fraction of sp³-hybridized carbons (Fsp3) is 0.267. The molecule has 0 atom stereocenters. The van der Waals surface area contributed by atoms with Crippen LogP contribution in [0, 0.1) is 17.0 Å². The lowest BCUT2D eigenvalue weighted by Gasteiger charge is -2.11. The van der Waals surface area contributed by atoms with Crippen molar-refractivity contribution >= 4 is 17.3 Å². The molecule has 1 amide bonds. The summed E-state index contributed by atoms with van der Waals surface area (Å²) in [5.41, 5.74) is -1.49. The fourth-order valence-electron chi connectivity index (χ4n) is 2.10. The molecule has 0 spiro atoms. The topological polar surface area (TPSA) is 97.4 Å². The molecule has 10 heteroatoms. The Bertz CT molecular complexity index is 787. The van der Waals surface area contributed by atoms with Gasteiger partial charge in [-0.15, -0.1) is 0 Å². The molecule has 1 aromatic heterocycles. The maximum Gasteiger partial charge on any atom is 0.416 e. The predicted octanol–water partition coefficient (Wildman–Crippen LogP) is 3.36. The normalized spacial score (nSPS) is 11.2. The second kappa shape index (κ2) is 7.24. The number of carbonyl (C=O) groups is 1. The Kier molecular flexibility index (Phi) is 5.30. The summed E-state index contributed by atoms with van der Waals surface area (Å²) in [7, 11) is 0. The van der Waals surface area contributed by atoms with Gasteiger partial charge in [-0.3, -0.25) is 14.9 Å². The maximum absolute atomic E-state index is 12.6. The summed E-state index contributed by atoms with van der Waals surface area (Å²) in [6.45, 7) is 1.83. The highest BCUT2D eigenvalue weighted by atomic mass is 19.4. The number of anilines is 1. The standard InChI is InChI=1S/C15H14F3N3O4/c1-9-11(4-7-25-9)14(22)20-6-5-19-12-3-2-10(15(16,17)18)8-13(12)21(23)24/h2-4,7-8,19H,5-6H2,1H3,(H,20,22). The molecule has 2 N–H and O–H groups in total. The molecule has 1 aromatic carbocycles. The largest absolute Gasteiger partial charge is 0.469 e. The molecule has 2 rings (SSSR count). The quantitative estimate of drug-likeness (QED) is 0.469.